The topological polar surface area (TPSA) is 63.6 Å². The summed E-state index contributed by atoms with van der Waals surface area (Å²) >= 11 is 0. The van der Waals surface area contributed by atoms with E-state index >= 15 is 0 Å². The van der Waals surface area contributed by atoms with Crippen LogP contribution in [0.5, 0.6) is 5.75 Å². The molecule has 0 fully saturated rings. The maximum Gasteiger partial charge on any atom is 0.422 e. The van der Waals surface area contributed by atoms with E-state index in [0.717, 1.165) is 12.0 Å². The molecule has 0 aliphatic carbocycles. The Morgan fingerprint density at radius 1 is 0.895 bits per heavy atom. The fourth-order valence-electron chi connectivity index (χ4n) is 1.66. The molecule has 1 N–H and O–H groups in total. The maximum absolute atomic E-state index is 10.9. The molecule has 0 saturated carbocycles. The lowest BCUT2D eigenvalue weighted by atomic mass is 10.1. The molecule has 0 aliphatic rings. The van der Waals surface area contributed by atoms with E-state index in [2.05, 4.69) is 4.74 Å². The molecular weight excluding hydrogens is 244 g/mol. The molecule has 0 unspecified atom stereocenters. The fraction of sp³-hybridized carbons (Fsp3) is 0.0667. The second-order valence-electron chi connectivity index (χ2n) is 4.00. The lowest BCUT2D eigenvalue weighted by Gasteiger charge is -2.04. The van der Waals surface area contributed by atoms with Gasteiger partial charge in [-0.05, 0) is 29.7 Å². The van der Waals surface area contributed by atoms with Crippen LogP contribution < -0.4 is 4.74 Å². The van der Waals surface area contributed by atoms with Crippen molar-refractivity contribution in [3.05, 3.63) is 65.7 Å². The first-order chi connectivity index (χ1) is 9.15. The van der Waals surface area contributed by atoms with Gasteiger partial charge in [0.1, 0.15) is 5.75 Å². The minimum Gasteiger partial charge on any atom is -0.473 e. The monoisotopic (exact) mass is 256 g/mol. The van der Waals surface area contributed by atoms with E-state index in [1.54, 1.807) is 24.3 Å². The van der Waals surface area contributed by atoms with Gasteiger partial charge in [-0.1, -0.05) is 42.5 Å². The van der Waals surface area contributed by atoms with E-state index in [0.29, 0.717) is 0 Å². The van der Waals surface area contributed by atoms with Crippen LogP contribution >= 0.6 is 0 Å². The third kappa shape index (κ3) is 3.67. The standard InChI is InChI=1S/C15H12O4/c16-14(17)15(18)19-13-8-6-12(7-9-13)10-11-4-2-1-3-5-11/h1-9H,10H2,(H,16,17). The van der Waals surface area contributed by atoms with E-state index in [1.807, 2.05) is 30.3 Å². The molecule has 2 aromatic rings. The summed E-state index contributed by atoms with van der Waals surface area (Å²) in [5.74, 6) is -2.66. The van der Waals surface area contributed by atoms with Gasteiger partial charge in [0.2, 0.25) is 0 Å². The largest absolute Gasteiger partial charge is 0.473 e. The zero-order valence-electron chi connectivity index (χ0n) is 10.1. The third-order valence-corrected chi connectivity index (χ3v) is 2.56. The van der Waals surface area contributed by atoms with Crippen molar-refractivity contribution in [3.8, 4) is 5.75 Å². The Labute approximate surface area is 110 Å². The van der Waals surface area contributed by atoms with E-state index in [4.69, 9.17) is 5.11 Å². The molecule has 0 heterocycles. The Hall–Kier alpha value is -2.62. The number of carboxylic acids is 1. The first-order valence-corrected chi connectivity index (χ1v) is 5.73. The molecule has 0 aromatic heterocycles. The fourth-order valence-corrected chi connectivity index (χ4v) is 1.66. The van der Waals surface area contributed by atoms with Gasteiger partial charge in [0, 0.05) is 0 Å². The molecule has 0 radical (unpaired) electrons. The van der Waals surface area contributed by atoms with E-state index in [1.165, 1.54) is 5.56 Å². The van der Waals surface area contributed by atoms with E-state index in [9.17, 15) is 9.59 Å². The summed E-state index contributed by atoms with van der Waals surface area (Å²) in [7, 11) is 0. The van der Waals surface area contributed by atoms with Crippen molar-refractivity contribution < 1.29 is 19.4 Å². The zero-order valence-corrected chi connectivity index (χ0v) is 10.1. The van der Waals surface area contributed by atoms with Crippen LogP contribution in [-0.2, 0) is 16.0 Å². The Bertz CT molecular complexity index is 573. The van der Waals surface area contributed by atoms with Crippen molar-refractivity contribution in [2.75, 3.05) is 0 Å². The van der Waals surface area contributed by atoms with Gasteiger partial charge < -0.3 is 9.84 Å². The van der Waals surface area contributed by atoms with Gasteiger partial charge in [-0.2, -0.15) is 0 Å². The quantitative estimate of drug-likeness (QED) is 0.520. The molecule has 0 aliphatic heterocycles. The van der Waals surface area contributed by atoms with Gasteiger partial charge >= 0.3 is 11.9 Å². The predicted octanol–water partition coefficient (Wildman–Crippen LogP) is 2.27. The molecule has 4 nitrogen and oxygen atoms in total. The van der Waals surface area contributed by atoms with Crippen LogP contribution in [0.3, 0.4) is 0 Å². The Balaban J connectivity index is 2.03. The Morgan fingerprint density at radius 3 is 2.05 bits per heavy atom. The van der Waals surface area contributed by atoms with Gasteiger partial charge in [-0.15, -0.1) is 0 Å². The number of rotatable bonds is 3. The number of carbonyl (C=O) groups excluding carboxylic acids is 1. The van der Waals surface area contributed by atoms with Gasteiger partial charge in [-0.3, -0.25) is 0 Å². The highest BCUT2D eigenvalue weighted by Crippen LogP contribution is 2.15. The number of hydrogen-bond donors (Lipinski definition) is 1. The van der Waals surface area contributed by atoms with Crippen LogP contribution in [0.25, 0.3) is 0 Å². The summed E-state index contributed by atoms with van der Waals surface area (Å²) in [5.41, 5.74) is 2.24. The highest BCUT2D eigenvalue weighted by molar-refractivity contribution is 6.29. The smallest absolute Gasteiger partial charge is 0.422 e. The first kappa shape index (κ1) is 12.8. The van der Waals surface area contributed by atoms with Crippen LogP contribution in [-0.4, -0.2) is 17.0 Å². The van der Waals surface area contributed by atoms with Crippen molar-refractivity contribution in [1.82, 2.24) is 0 Å². The summed E-state index contributed by atoms with van der Waals surface area (Å²) in [5, 5.41) is 8.42. The molecule has 0 spiro atoms. The summed E-state index contributed by atoms with van der Waals surface area (Å²) in [6.45, 7) is 0. The highest BCUT2D eigenvalue weighted by atomic mass is 16.6. The lowest BCUT2D eigenvalue weighted by molar-refractivity contribution is -0.158. The van der Waals surface area contributed by atoms with Crippen molar-refractivity contribution in [2.45, 2.75) is 6.42 Å². The van der Waals surface area contributed by atoms with Crippen molar-refractivity contribution >= 4 is 11.9 Å². The zero-order chi connectivity index (χ0) is 13.7. The van der Waals surface area contributed by atoms with Crippen LogP contribution in [0.4, 0.5) is 0 Å². The Kier molecular flexibility index (Phi) is 3.93. The summed E-state index contributed by atoms with van der Waals surface area (Å²) in [6, 6.07) is 16.7. The number of esters is 1. The molecule has 0 saturated heterocycles. The second-order valence-corrected chi connectivity index (χ2v) is 4.00. The van der Waals surface area contributed by atoms with Crippen LogP contribution in [0.1, 0.15) is 11.1 Å². The average Bonchev–Trinajstić information content (AvgIpc) is 2.42. The van der Waals surface area contributed by atoms with Crippen molar-refractivity contribution in [1.29, 1.82) is 0 Å². The first-order valence-electron chi connectivity index (χ1n) is 5.73. The highest BCUT2D eigenvalue weighted by Gasteiger charge is 2.13. The number of carbonyl (C=O) groups is 2. The van der Waals surface area contributed by atoms with Crippen molar-refractivity contribution in [2.24, 2.45) is 0 Å². The molecule has 2 rings (SSSR count). The molecule has 4 heteroatoms. The summed E-state index contributed by atoms with van der Waals surface area (Å²) in [6.07, 6.45) is 0.772. The predicted molar refractivity (Wildman–Crippen MR) is 69.0 cm³/mol. The van der Waals surface area contributed by atoms with Crippen LogP contribution in [0.2, 0.25) is 0 Å². The summed E-state index contributed by atoms with van der Waals surface area (Å²) in [4.78, 5) is 21.2. The molecule has 0 bridgehead atoms. The summed E-state index contributed by atoms with van der Waals surface area (Å²) < 4.78 is 4.64. The third-order valence-electron chi connectivity index (χ3n) is 2.56. The minimum atomic E-state index is -1.60. The van der Waals surface area contributed by atoms with E-state index in [-0.39, 0.29) is 5.75 Å². The van der Waals surface area contributed by atoms with Crippen LogP contribution in [0.15, 0.2) is 54.6 Å². The average molecular weight is 256 g/mol. The molecule has 19 heavy (non-hydrogen) atoms. The normalized spacial score (nSPS) is 9.89. The number of carboxylic acid groups (broad SMARTS) is 1. The van der Waals surface area contributed by atoms with Gasteiger partial charge in [0.15, 0.2) is 0 Å². The van der Waals surface area contributed by atoms with Crippen molar-refractivity contribution in [3.63, 3.8) is 0 Å². The number of benzene rings is 2. The molecule has 96 valence electrons. The molecule has 2 aromatic carbocycles. The maximum atomic E-state index is 10.9. The molecule has 0 atom stereocenters. The second kappa shape index (κ2) is 5.82. The molecule has 0 amide bonds. The number of ether oxygens (including phenoxy) is 1. The van der Waals surface area contributed by atoms with Gasteiger partial charge in [0.25, 0.3) is 0 Å². The van der Waals surface area contributed by atoms with Crippen LogP contribution in [0, 0.1) is 0 Å². The van der Waals surface area contributed by atoms with Gasteiger partial charge in [-0.25, -0.2) is 9.59 Å². The van der Waals surface area contributed by atoms with Gasteiger partial charge in [0.05, 0.1) is 0 Å². The lowest BCUT2D eigenvalue weighted by Crippen LogP contribution is -2.19. The minimum absolute atomic E-state index is 0.226. The number of hydrogen-bond acceptors (Lipinski definition) is 3. The van der Waals surface area contributed by atoms with E-state index < -0.39 is 11.9 Å². The molecular formula is C15H12O4. The Morgan fingerprint density at radius 2 is 1.47 bits per heavy atom. The SMILES string of the molecule is O=C(O)C(=O)Oc1ccc(Cc2ccccc2)cc1. The number of aliphatic carboxylic acids is 1.